The van der Waals surface area contributed by atoms with Gasteiger partial charge in [0, 0.05) is 31.3 Å². The van der Waals surface area contributed by atoms with E-state index in [0.717, 1.165) is 11.4 Å². The molecule has 9 nitrogen and oxygen atoms in total. The van der Waals surface area contributed by atoms with Crippen LogP contribution in [0.1, 0.15) is 23.9 Å². The molecule has 4 heterocycles. The molecular weight excluding hydrogens is 392 g/mol. The molecule has 1 unspecified atom stereocenters. The summed E-state index contributed by atoms with van der Waals surface area (Å²) in [4.78, 5) is 20.7. The highest BCUT2D eigenvalue weighted by atomic mass is 32.2. The highest BCUT2D eigenvalue weighted by molar-refractivity contribution is 7.89. The van der Waals surface area contributed by atoms with Crippen molar-refractivity contribution in [2.75, 3.05) is 6.54 Å². The smallest absolute Gasteiger partial charge is 0.245 e. The van der Waals surface area contributed by atoms with Crippen molar-refractivity contribution in [3.63, 3.8) is 0 Å². The van der Waals surface area contributed by atoms with E-state index in [4.69, 9.17) is 0 Å². The van der Waals surface area contributed by atoms with Crippen LogP contribution in [0.5, 0.6) is 0 Å². The zero-order valence-electron chi connectivity index (χ0n) is 15.5. The van der Waals surface area contributed by atoms with E-state index in [9.17, 15) is 13.2 Å². The molecule has 1 aliphatic heterocycles. The summed E-state index contributed by atoms with van der Waals surface area (Å²) in [6.07, 6.45) is 6.25. The van der Waals surface area contributed by atoms with Gasteiger partial charge in [0.1, 0.15) is 4.90 Å². The molecule has 0 fully saturated rings. The highest BCUT2D eigenvalue weighted by Crippen LogP contribution is 2.27. The average Bonchev–Trinajstić information content (AvgIpc) is 3.23. The largest absolute Gasteiger partial charge is 0.350 e. The van der Waals surface area contributed by atoms with Gasteiger partial charge in [-0.2, -0.15) is 9.40 Å². The second kappa shape index (κ2) is 8.10. The average molecular weight is 412 g/mol. The molecule has 29 heavy (non-hydrogen) atoms. The van der Waals surface area contributed by atoms with E-state index in [1.165, 1.54) is 22.8 Å². The molecule has 10 heteroatoms. The molecule has 0 radical (unpaired) electrons. The van der Waals surface area contributed by atoms with Crippen molar-refractivity contribution in [3.8, 4) is 0 Å². The Balaban J connectivity index is 1.49. The van der Waals surface area contributed by atoms with E-state index in [1.54, 1.807) is 29.2 Å². The van der Waals surface area contributed by atoms with Gasteiger partial charge >= 0.3 is 0 Å². The summed E-state index contributed by atoms with van der Waals surface area (Å²) in [5.41, 5.74) is 1.50. The number of nitrogens with zero attached hydrogens (tertiary/aromatic N) is 5. The lowest BCUT2D eigenvalue weighted by Gasteiger charge is -2.32. The van der Waals surface area contributed by atoms with Crippen LogP contribution in [0.25, 0.3) is 0 Å². The lowest BCUT2D eigenvalue weighted by atomic mass is 10.1. The molecule has 0 bridgehead atoms. The van der Waals surface area contributed by atoms with Gasteiger partial charge in [-0.3, -0.25) is 19.4 Å². The second-order valence-electron chi connectivity index (χ2n) is 6.71. The first-order valence-electron chi connectivity index (χ1n) is 9.13. The van der Waals surface area contributed by atoms with Crippen molar-refractivity contribution in [1.82, 2.24) is 29.4 Å². The van der Waals surface area contributed by atoms with Crippen molar-refractivity contribution in [3.05, 3.63) is 72.6 Å². The van der Waals surface area contributed by atoms with Gasteiger partial charge in [0.2, 0.25) is 15.9 Å². The number of pyridine rings is 2. The predicted molar refractivity (Wildman–Crippen MR) is 104 cm³/mol. The Kier molecular flexibility index (Phi) is 5.36. The fraction of sp³-hybridized carbons (Fsp3) is 0.263. The van der Waals surface area contributed by atoms with Crippen LogP contribution in [-0.2, 0) is 27.9 Å². The van der Waals surface area contributed by atoms with Gasteiger partial charge in [0.25, 0.3) is 0 Å². The number of rotatable bonds is 6. The summed E-state index contributed by atoms with van der Waals surface area (Å²) in [5.74, 6) is -0.192. The molecule has 1 N–H and O–H groups in total. The van der Waals surface area contributed by atoms with Gasteiger partial charge in [-0.1, -0.05) is 6.07 Å². The van der Waals surface area contributed by atoms with Crippen molar-refractivity contribution >= 4 is 15.9 Å². The quantitative estimate of drug-likeness (QED) is 0.650. The number of hydrogen-bond donors (Lipinski definition) is 1. The van der Waals surface area contributed by atoms with E-state index in [1.807, 2.05) is 18.2 Å². The van der Waals surface area contributed by atoms with Crippen LogP contribution in [0, 0.1) is 0 Å². The molecule has 0 aromatic carbocycles. The number of nitrogens with one attached hydrogen (secondary N) is 1. The zero-order valence-corrected chi connectivity index (χ0v) is 16.4. The summed E-state index contributed by atoms with van der Waals surface area (Å²) in [6.45, 7) is 0.669. The first-order chi connectivity index (χ1) is 14.0. The number of amides is 1. The Morgan fingerprint density at radius 2 is 2.03 bits per heavy atom. The first-order valence-corrected chi connectivity index (χ1v) is 10.6. The van der Waals surface area contributed by atoms with Crippen LogP contribution < -0.4 is 5.32 Å². The third kappa shape index (κ3) is 4.17. The minimum atomic E-state index is -3.72. The lowest BCUT2D eigenvalue weighted by Crippen LogP contribution is -2.42. The van der Waals surface area contributed by atoms with Gasteiger partial charge in [0.15, 0.2) is 0 Å². The molecule has 4 rings (SSSR count). The van der Waals surface area contributed by atoms with Crippen LogP contribution in [-0.4, -0.2) is 44.9 Å². The number of hydrogen-bond acceptors (Lipinski definition) is 6. The van der Waals surface area contributed by atoms with Crippen LogP contribution in [0.2, 0.25) is 0 Å². The molecule has 1 atom stereocenters. The zero-order chi connectivity index (χ0) is 20.3. The Morgan fingerprint density at radius 3 is 2.79 bits per heavy atom. The molecule has 150 valence electrons. The van der Waals surface area contributed by atoms with E-state index in [-0.39, 0.29) is 30.3 Å². The van der Waals surface area contributed by atoms with Crippen LogP contribution >= 0.6 is 0 Å². The standard InChI is InChI=1S/C19H20N6O3S/c26-19(22-11-15-4-1-2-8-21-15)10-17-14-24(13-16-6-9-23-25(16)17)29(27,28)18-5-3-7-20-12-18/h1-9,12,17H,10-11,13-14H2,(H,22,26). The van der Waals surface area contributed by atoms with Crippen LogP contribution in [0.4, 0.5) is 0 Å². The summed E-state index contributed by atoms with van der Waals surface area (Å²) in [7, 11) is -3.72. The summed E-state index contributed by atoms with van der Waals surface area (Å²) < 4.78 is 29.1. The fourth-order valence-electron chi connectivity index (χ4n) is 3.31. The maximum atomic E-state index is 13.0. The van der Waals surface area contributed by atoms with Crippen molar-refractivity contribution in [2.24, 2.45) is 0 Å². The molecule has 0 saturated heterocycles. The minimum absolute atomic E-state index is 0.112. The maximum absolute atomic E-state index is 13.0. The summed E-state index contributed by atoms with van der Waals surface area (Å²) in [5, 5.41) is 7.12. The van der Waals surface area contributed by atoms with Gasteiger partial charge in [0.05, 0.1) is 36.9 Å². The highest BCUT2D eigenvalue weighted by Gasteiger charge is 2.34. The normalized spacial score (nSPS) is 16.9. The molecule has 0 spiro atoms. The summed E-state index contributed by atoms with van der Waals surface area (Å²) in [6, 6.07) is 9.96. The van der Waals surface area contributed by atoms with E-state index in [0.29, 0.717) is 6.54 Å². The molecule has 0 aliphatic carbocycles. The van der Waals surface area contributed by atoms with Gasteiger partial charge in [-0.05, 0) is 30.3 Å². The monoisotopic (exact) mass is 412 g/mol. The van der Waals surface area contributed by atoms with Crippen molar-refractivity contribution < 1.29 is 13.2 Å². The van der Waals surface area contributed by atoms with E-state index in [2.05, 4.69) is 20.4 Å². The summed E-state index contributed by atoms with van der Waals surface area (Å²) >= 11 is 0. The molecule has 3 aromatic rings. The van der Waals surface area contributed by atoms with Crippen LogP contribution in [0.3, 0.4) is 0 Å². The number of aromatic nitrogens is 4. The third-order valence-electron chi connectivity index (χ3n) is 4.74. The Bertz CT molecular complexity index is 1090. The third-order valence-corrected chi connectivity index (χ3v) is 6.53. The SMILES string of the molecule is O=C(CC1CN(S(=O)(=O)c2cccnc2)Cc2ccnn21)NCc1ccccn1. The molecule has 1 aliphatic rings. The minimum Gasteiger partial charge on any atom is -0.350 e. The van der Waals surface area contributed by atoms with E-state index < -0.39 is 16.1 Å². The molecular formula is C19H20N6O3S. The van der Waals surface area contributed by atoms with Gasteiger partial charge in [-0.15, -0.1) is 0 Å². The second-order valence-corrected chi connectivity index (χ2v) is 8.65. The number of carbonyl (C=O) groups excluding carboxylic acids is 1. The molecule has 0 saturated carbocycles. The Morgan fingerprint density at radius 1 is 1.14 bits per heavy atom. The predicted octanol–water partition coefficient (Wildman–Crippen LogP) is 1.13. The number of carbonyl (C=O) groups is 1. The number of sulfonamides is 1. The van der Waals surface area contributed by atoms with Gasteiger partial charge in [-0.25, -0.2) is 8.42 Å². The molecule has 3 aromatic heterocycles. The Hall–Kier alpha value is -3.11. The van der Waals surface area contributed by atoms with Crippen molar-refractivity contribution in [2.45, 2.75) is 30.4 Å². The number of fused-ring (bicyclic) bond motifs is 1. The first kappa shape index (κ1) is 19.2. The van der Waals surface area contributed by atoms with Crippen molar-refractivity contribution in [1.29, 1.82) is 0 Å². The van der Waals surface area contributed by atoms with E-state index >= 15 is 0 Å². The van der Waals surface area contributed by atoms with Crippen LogP contribution in [0.15, 0.2) is 66.1 Å². The lowest BCUT2D eigenvalue weighted by molar-refractivity contribution is -0.122. The topological polar surface area (TPSA) is 110 Å². The van der Waals surface area contributed by atoms with Gasteiger partial charge < -0.3 is 5.32 Å². The fourth-order valence-corrected chi connectivity index (χ4v) is 4.73. The molecule has 1 amide bonds. The Labute approximate surface area is 168 Å². The maximum Gasteiger partial charge on any atom is 0.245 e.